The van der Waals surface area contributed by atoms with E-state index in [0.717, 1.165) is 5.92 Å². The number of halogens is 1. The summed E-state index contributed by atoms with van der Waals surface area (Å²) in [5.41, 5.74) is 0. The first-order valence-corrected chi connectivity index (χ1v) is 16.7. The third-order valence-corrected chi connectivity index (χ3v) is 10.1. The lowest BCUT2D eigenvalue weighted by Crippen LogP contribution is -2.28. The summed E-state index contributed by atoms with van der Waals surface area (Å²) in [4.78, 5) is 0. The van der Waals surface area contributed by atoms with E-state index < -0.39 is 8.80 Å². The van der Waals surface area contributed by atoms with Gasteiger partial charge in [0.25, 0.3) is 0 Å². The van der Waals surface area contributed by atoms with Gasteiger partial charge in [-0.25, -0.2) is 0 Å². The summed E-state index contributed by atoms with van der Waals surface area (Å²) < 4.78 is 0. The molecule has 0 bridgehead atoms. The maximum Gasteiger partial charge on any atom is 0.0522 e. The molecule has 0 N–H and O–H groups in total. The van der Waals surface area contributed by atoms with Crippen LogP contribution in [0.4, 0.5) is 0 Å². The zero-order chi connectivity index (χ0) is 20.9. The Morgan fingerprint density at radius 2 is 0.786 bits per heavy atom. The summed E-state index contributed by atoms with van der Waals surface area (Å²) in [6, 6.07) is 0. The van der Waals surface area contributed by atoms with Gasteiger partial charge in [-0.05, 0) is 18.8 Å². The van der Waals surface area contributed by atoms with Crippen LogP contribution in [0.25, 0.3) is 0 Å². The van der Waals surface area contributed by atoms with Crippen molar-refractivity contribution in [1.29, 1.82) is 0 Å². The summed E-state index contributed by atoms with van der Waals surface area (Å²) >= 11 is 6.86. The molecule has 2 atom stereocenters. The molecule has 0 spiro atoms. The summed E-state index contributed by atoms with van der Waals surface area (Å²) in [6.07, 6.45) is 28.6. The van der Waals surface area contributed by atoms with Crippen molar-refractivity contribution >= 4 is 20.4 Å². The molecule has 0 saturated heterocycles. The monoisotopic (exact) mass is 430 g/mol. The second-order valence-electron chi connectivity index (χ2n) is 9.68. The Kier molecular flexibility index (Phi) is 22.6. The van der Waals surface area contributed by atoms with Crippen LogP contribution in [0.15, 0.2) is 0 Å². The molecule has 0 nitrogen and oxygen atoms in total. The molecule has 0 amide bonds. The minimum Gasteiger partial charge on any atom is -0.127 e. The van der Waals surface area contributed by atoms with Crippen molar-refractivity contribution in [2.45, 2.75) is 160 Å². The van der Waals surface area contributed by atoms with E-state index in [4.69, 9.17) is 11.6 Å². The Hall–Kier alpha value is 0.507. The van der Waals surface area contributed by atoms with E-state index in [1.807, 2.05) is 0 Å². The molecule has 0 heterocycles. The highest BCUT2D eigenvalue weighted by Crippen LogP contribution is 2.27. The maximum absolute atomic E-state index is 6.86. The van der Waals surface area contributed by atoms with Crippen LogP contribution in [0.3, 0.4) is 0 Å². The van der Waals surface area contributed by atoms with Crippen molar-refractivity contribution in [3.05, 3.63) is 0 Å². The molecular formula is C26H55ClSi. The van der Waals surface area contributed by atoms with Gasteiger partial charge in [0.1, 0.15) is 0 Å². The minimum absolute atomic E-state index is 0.517. The van der Waals surface area contributed by atoms with Crippen LogP contribution >= 0.6 is 11.6 Å². The lowest BCUT2D eigenvalue weighted by molar-refractivity contribution is 0.418. The van der Waals surface area contributed by atoms with Gasteiger partial charge >= 0.3 is 0 Å². The van der Waals surface area contributed by atoms with Gasteiger partial charge in [-0.2, -0.15) is 0 Å². The largest absolute Gasteiger partial charge is 0.127 e. The lowest BCUT2D eigenvalue weighted by Gasteiger charge is -2.25. The molecule has 0 fully saturated rings. The van der Waals surface area contributed by atoms with Crippen molar-refractivity contribution in [3.8, 4) is 0 Å². The van der Waals surface area contributed by atoms with Gasteiger partial charge in [-0.15, -0.1) is 11.6 Å². The predicted molar refractivity (Wildman–Crippen MR) is 136 cm³/mol. The predicted octanol–water partition coefficient (Wildman–Crippen LogP) is 10.1. The highest BCUT2D eigenvalue weighted by Gasteiger charge is 2.22. The third-order valence-electron chi connectivity index (χ3n) is 6.44. The van der Waals surface area contributed by atoms with Crippen molar-refractivity contribution in [2.75, 3.05) is 0 Å². The smallest absolute Gasteiger partial charge is 0.0522 e. The SMILES string of the molecule is CCCCCCCCCCCCC(CCCCCCCCCC)C(Cl)[SiH](C)C. The Morgan fingerprint density at radius 3 is 1.07 bits per heavy atom. The first-order chi connectivity index (χ1) is 13.6. The van der Waals surface area contributed by atoms with Crippen molar-refractivity contribution in [3.63, 3.8) is 0 Å². The van der Waals surface area contributed by atoms with Crippen LogP contribution in [0.5, 0.6) is 0 Å². The highest BCUT2D eigenvalue weighted by molar-refractivity contribution is 6.67. The topological polar surface area (TPSA) is 0 Å². The molecule has 0 aliphatic carbocycles. The van der Waals surface area contributed by atoms with Gasteiger partial charge < -0.3 is 0 Å². The Balaban J connectivity index is 3.74. The zero-order valence-electron chi connectivity index (χ0n) is 20.3. The van der Waals surface area contributed by atoms with E-state index in [1.165, 1.54) is 128 Å². The molecular weight excluding hydrogens is 376 g/mol. The molecule has 2 heteroatoms. The first-order valence-electron chi connectivity index (χ1n) is 13.3. The summed E-state index contributed by atoms with van der Waals surface area (Å²) in [5, 5.41) is 0.517. The van der Waals surface area contributed by atoms with Gasteiger partial charge in [0.05, 0.1) is 8.80 Å². The molecule has 0 aromatic carbocycles. The molecule has 170 valence electrons. The van der Waals surface area contributed by atoms with Gasteiger partial charge in [0, 0.05) is 5.00 Å². The molecule has 2 unspecified atom stereocenters. The van der Waals surface area contributed by atoms with E-state index >= 15 is 0 Å². The van der Waals surface area contributed by atoms with Crippen LogP contribution in [0, 0.1) is 5.92 Å². The Labute approximate surface area is 186 Å². The second kappa shape index (κ2) is 22.2. The average molecular weight is 431 g/mol. The summed E-state index contributed by atoms with van der Waals surface area (Å²) in [5.74, 6) is 0.808. The number of rotatable bonds is 22. The zero-order valence-corrected chi connectivity index (χ0v) is 22.2. The fraction of sp³-hybridized carbons (Fsp3) is 1.00. The van der Waals surface area contributed by atoms with Crippen molar-refractivity contribution < 1.29 is 0 Å². The minimum atomic E-state index is -0.719. The van der Waals surface area contributed by atoms with Crippen molar-refractivity contribution in [2.24, 2.45) is 5.92 Å². The number of hydrogen-bond donors (Lipinski definition) is 0. The second-order valence-corrected chi connectivity index (χ2v) is 13.8. The number of hydrogen-bond acceptors (Lipinski definition) is 0. The van der Waals surface area contributed by atoms with Gasteiger partial charge in [0.2, 0.25) is 0 Å². The first kappa shape index (κ1) is 28.5. The standard InChI is InChI=1S/C26H55ClSi/c1-5-7-9-11-13-15-16-18-20-22-24-25(26(27)28(3)4)23-21-19-17-14-12-10-8-6-2/h25-26,28H,5-24H2,1-4H3. The molecule has 0 aliphatic rings. The third kappa shape index (κ3) is 18.5. The average Bonchev–Trinajstić information content (AvgIpc) is 2.69. The van der Waals surface area contributed by atoms with E-state index in [2.05, 4.69) is 26.9 Å². The van der Waals surface area contributed by atoms with E-state index in [1.54, 1.807) is 0 Å². The fourth-order valence-electron chi connectivity index (χ4n) is 4.44. The maximum atomic E-state index is 6.86. The van der Waals surface area contributed by atoms with Crippen LogP contribution in [-0.2, 0) is 0 Å². The fourth-order valence-corrected chi connectivity index (χ4v) is 6.17. The lowest BCUT2D eigenvalue weighted by atomic mass is 9.95. The Morgan fingerprint density at radius 1 is 0.500 bits per heavy atom. The van der Waals surface area contributed by atoms with Gasteiger partial charge in [-0.1, -0.05) is 143 Å². The molecule has 0 aromatic heterocycles. The molecule has 0 saturated carbocycles. The molecule has 0 rings (SSSR count). The molecule has 0 radical (unpaired) electrons. The quantitative estimate of drug-likeness (QED) is 0.0909. The van der Waals surface area contributed by atoms with Gasteiger partial charge in [-0.3, -0.25) is 0 Å². The summed E-state index contributed by atoms with van der Waals surface area (Å²) in [7, 11) is -0.719. The van der Waals surface area contributed by atoms with E-state index in [-0.39, 0.29) is 0 Å². The van der Waals surface area contributed by atoms with Crippen LogP contribution in [0.1, 0.15) is 142 Å². The van der Waals surface area contributed by atoms with E-state index in [9.17, 15) is 0 Å². The van der Waals surface area contributed by atoms with Gasteiger partial charge in [0.15, 0.2) is 0 Å². The van der Waals surface area contributed by atoms with Crippen LogP contribution in [-0.4, -0.2) is 13.8 Å². The molecule has 28 heavy (non-hydrogen) atoms. The van der Waals surface area contributed by atoms with Crippen LogP contribution < -0.4 is 0 Å². The number of alkyl halides is 1. The van der Waals surface area contributed by atoms with E-state index in [0.29, 0.717) is 5.00 Å². The normalized spacial score (nSPS) is 13.9. The molecule has 0 aliphatic heterocycles. The Bertz CT molecular complexity index is 292. The number of unbranched alkanes of at least 4 members (excludes halogenated alkanes) is 16. The van der Waals surface area contributed by atoms with Crippen molar-refractivity contribution in [1.82, 2.24) is 0 Å². The van der Waals surface area contributed by atoms with Crippen LogP contribution in [0.2, 0.25) is 13.1 Å². The highest BCUT2D eigenvalue weighted by atomic mass is 35.5. The molecule has 0 aromatic rings. The summed E-state index contributed by atoms with van der Waals surface area (Å²) in [6.45, 7) is 9.48.